The number of amides is 2. The number of aryl methyl sites for hydroxylation is 1. The molecule has 2 aromatic carbocycles. The van der Waals surface area contributed by atoms with Crippen LogP contribution in [0.25, 0.3) is 0 Å². The van der Waals surface area contributed by atoms with Gasteiger partial charge in [0.15, 0.2) is 0 Å². The molecule has 4 nitrogen and oxygen atoms in total. The van der Waals surface area contributed by atoms with E-state index in [2.05, 4.69) is 5.32 Å². The lowest BCUT2D eigenvalue weighted by molar-refractivity contribution is -0.117. The summed E-state index contributed by atoms with van der Waals surface area (Å²) in [6, 6.07) is 8.93. The molecular formula is C19H20F2N2O2. The Kier molecular flexibility index (Phi) is 5.85. The topological polar surface area (TPSA) is 49.4 Å². The molecule has 0 radical (unpaired) electrons. The molecule has 0 unspecified atom stereocenters. The third kappa shape index (κ3) is 4.41. The van der Waals surface area contributed by atoms with Crippen LogP contribution in [0.15, 0.2) is 36.4 Å². The molecule has 0 aliphatic rings. The van der Waals surface area contributed by atoms with Crippen molar-refractivity contribution in [2.75, 3.05) is 16.8 Å². The van der Waals surface area contributed by atoms with Gasteiger partial charge in [0.25, 0.3) is 0 Å². The van der Waals surface area contributed by atoms with Gasteiger partial charge < -0.3 is 10.2 Å². The summed E-state index contributed by atoms with van der Waals surface area (Å²) >= 11 is 0. The highest BCUT2D eigenvalue weighted by atomic mass is 19.1. The quantitative estimate of drug-likeness (QED) is 0.891. The van der Waals surface area contributed by atoms with Crippen molar-refractivity contribution >= 4 is 23.2 Å². The van der Waals surface area contributed by atoms with E-state index in [1.54, 1.807) is 6.07 Å². The lowest BCUT2D eigenvalue weighted by Gasteiger charge is -2.23. The minimum absolute atomic E-state index is 0.0826. The number of hydrogen-bond acceptors (Lipinski definition) is 2. The molecule has 0 spiro atoms. The van der Waals surface area contributed by atoms with Crippen molar-refractivity contribution in [2.24, 2.45) is 0 Å². The summed E-state index contributed by atoms with van der Waals surface area (Å²) in [5.41, 5.74) is 2.21. The van der Waals surface area contributed by atoms with Crippen LogP contribution in [0.4, 0.5) is 20.2 Å². The molecule has 25 heavy (non-hydrogen) atoms. The maximum atomic E-state index is 13.6. The number of benzene rings is 2. The summed E-state index contributed by atoms with van der Waals surface area (Å²) in [5, 5.41) is 2.22. The molecule has 0 aromatic heterocycles. The van der Waals surface area contributed by atoms with E-state index in [0.29, 0.717) is 0 Å². The van der Waals surface area contributed by atoms with Crippen molar-refractivity contribution in [3.05, 3.63) is 59.2 Å². The Labute approximate surface area is 145 Å². The molecule has 2 amide bonds. The van der Waals surface area contributed by atoms with Gasteiger partial charge in [-0.25, -0.2) is 8.78 Å². The van der Waals surface area contributed by atoms with Gasteiger partial charge in [-0.1, -0.05) is 18.2 Å². The van der Waals surface area contributed by atoms with Crippen LogP contribution in [-0.2, 0) is 9.59 Å². The number of para-hydroxylation sites is 1. The first kappa shape index (κ1) is 18.6. The fraction of sp³-hybridized carbons (Fsp3) is 0.263. The van der Waals surface area contributed by atoms with Crippen LogP contribution < -0.4 is 10.2 Å². The van der Waals surface area contributed by atoms with E-state index >= 15 is 0 Å². The summed E-state index contributed by atoms with van der Waals surface area (Å²) < 4.78 is 27.2. The van der Waals surface area contributed by atoms with Crippen LogP contribution in [0, 0.1) is 25.5 Å². The number of carbonyl (C=O) groups is 2. The molecule has 0 heterocycles. The second-order valence-electron chi connectivity index (χ2n) is 5.78. The van der Waals surface area contributed by atoms with Gasteiger partial charge in [-0.05, 0) is 43.2 Å². The molecule has 0 atom stereocenters. The van der Waals surface area contributed by atoms with E-state index in [4.69, 9.17) is 0 Å². The first-order valence-electron chi connectivity index (χ1n) is 7.89. The largest absolute Gasteiger partial charge is 0.321 e. The summed E-state index contributed by atoms with van der Waals surface area (Å²) in [7, 11) is 0. The number of halogens is 2. The summed E-state index contributed by atoms with van der Waals surface area (Å²) in [6.45, 7) is 5.36. The van der Waals surface area contributed by atoms with E-state index in [0.717, 1.165) is 28.9 Å². The van der Waals surface area contributed by atoms with Gasteiger partial charge >= 0.3 is 0 Å². The zero-order valence-electron chi connectivity index (χ0n) is 14.4. The summed E-state index contributed by atoms with van der Waals surface area (Å²) in [5.74, 6) is -2.46. The standard InChI is InChI=1S/C19H20F2N2O2/c1-12-6-4-9-17(13(12)2)23(14(3)24)11-10-18(25)22-19-15(20)7-5-8-16(19)21/h4-9H,10-11H2,1-3H3,(H,22,25). The van der Waals surface area contributed by atoms with Crippen LogP contribution in [0.5, 0.6) is 0 Å². The van der Waals surface area contributed by atoms with Gasteiger partial charge in [0.2, 0.25) is 11.8 Å². The minimum Gasteiger partial charge on any atom is -0.321 e. The van der Waals surface area contributed by atoms with E-state index in [9.17, 15) is 18.4 Å². The third-order valence-corrected chi connectivity index (χ3v) is 4.04. The first-order chi connectivity index (χ1) is 11.8. The Morgan fingerprint density at radius 1 is 1.04 bits per heavy atom. The molecule has 0 fully saturated rings. The van der Waals surface area contributed by atoms with E-state index in [1.807, 2.05) is 26.0 Å². The van der Waals surface area contributed by atoms with E-state index in [-0.39, 0.29) is 18.9 Å². The van der Waals surface area contributed by atoms with Crippen LogP contribution in [-0.4, -0.2) is 18.4 Å². The Morgan fingerprint density at radius 3 is 2.24 bits per heavy atom. The second-order valence-corrected chi connectivity index (χ2v) is 5.78. The van der Waals surface area contributed by atoms with Crippen LogP contribution >= 0.6 is 0 Å². The molecule has 0 bridgehead atoms. The SMILES string of the molecule is CC(=O)N(CCC(=O)Nc1c(F)cccc1F)c1cccc(C)c1C. The molecule has 1 N–H and O–H groups in total. The van der Waals surface area contributed by atoms with Gasteiger partial charge in [-0.2, -0.15) is 0 Å². The average Bonchev–Trinajstić information content (AvgIpc) is 2.55. The van der Waals surface area contributed by atoms with Crippen LogP contribution in [0.3, 0.4) is 0 Å². The minimum atomic E-state index is -0.841. The normalized spacial score (nSPS) is 10.4. The van der Waals surface area contributed by atoms with Gasteiger partial charge in [-0.3, -0.25) is 9.59 Å². The van der Waals surface area contributed by atoms with Gasteiger partial charge in [0.1, 0.15) is 17.3 Å². The number of anilines is 2. The molecular weight excluding hydrogens is 326 g/mol. The highest BCUT2D eigenvalue weighted by Gasteiger charge is 2.17. The third-order valence-electron chi connectivity index (χ3n) is 4.04. The monoisotopic (exact) mass is 346 g/mol. The average molecular weight is 346 g/mol. The molecule has 132 valence electrons. The number of hydrogen-bond donors (Lipinski definition) is 1. The van der Waals surface area contributed by atoms with Crippen molar-refractivity contribution in [1.29, 1.82) is 0 Å². The zero-order chi connectivity index (χ0) is 18.6. The molecule has 2 rings (SSSR count). The lowest BCUT2D eigenvalue weighted by Crippen LogP contribution is -2.32. The second kappa shape index (κ2) is 7.88. The Morgan fingerprint density at radius 2 is 1.64 bits per heavy atom. The predicted molar refractivity (Wildman–Crippen MR) is 93.5 cm³/mol. The van der Waals surface area contributed by atoms with Crippen LogP contribution in [0.1, 0.15) is 24.5 Å². The van der Waals surface area contributed by atoms with Crippen molar-refractivity contribution < 1.29 is 18.4 Å². The molecule has 0 aliphatic carbocycles. The van der Waals surface area contributed by atoms with E-state index in [1.165, 1.54) is 17.9 Å². The van der Waals surface area contributed by atoms with Gasteiger partial charge in [0, 0.05) is 25.6 Å². The molecule has 6 heteroatoms. The maximum Gasteiger partial charge on any atom is 0.226 e. The molecule has 0 saturated heterocycles. The Bertz CT molecular complexity index is 786. The fourth-order valence-electron chi connectivity index (χ4n) is 2.51. The fourth-order valence-corrected chi connectivity index (χ4v) is 2.51. The number of carbonyl (C=O) groups excluding carboxylic acids is 2. The number of rotatable bonds is 5. The molecule has 2 aromatic rings. The molecule has 0 aliphatic heterocycles. The lowest BCUT2D eigenvalue weighted by atomic mass is 10.1. The van der Waals surface area contributed by atoms with Crippen molar-refractivity contribution in [1.82, 2.24) is 0 Å². The zero-order valence-corrected chi connectivity index (χ0v) is 14.4. The Balaban J connectivity index is 2.10. The van der Waals surface area contributed by atoms with Crippen molar-refractivity contribution in [3.8, 4) is 0 Å². The molecule has 0 saturated carbocycles. The van der Waals surface area contributed by atoms with Crippen LogP contribution in [0.2, 0.25) is 0 Å². The Hall–Kier alpha value is -2.76. The van der Waals surface area contributed by atoms with Gasteiger partial charge in [0.05, 0.1) is 0 Å². The van der Waals surface area contributed by atoms with Crippen molar-refractivity contribution in [2.45, 2.75) is 27.2 Å². The summed E-state index contributed by atoms with van der Waals surface area (Å²) in [6.07, 6.45) is -0.0826. The summed E-state index contributed by atoms with van der Waals surface area (Å²) in [4.78, 5) is 25.5. The number of nitrogens with one attached hydrogen (secondary N) is 1. The van der Waals surface area contributed by atoms with Gasteiger partial charge in [-0.15, -0.1) is 0 Å². The maximum absolute atomic E-state index is 13.6. The van der Waals surface area contributed by atoms with Crippen molar-refractivity contribution in [3.63, 3.8) is 0 Å². The predicted octanol–water partition coefficient (Wildman–Crippen LogP) is 3.96. The highest BCUT2D eigenvalue weighted by molar-refractivity contribution is 5.95. The highest BCUT2D eigenvalue weighted by Crippen LogP contribution is 2.23. The smallest absolute Gasteiger partial charge is 0.226 e. The number of nitrogens with zero attached hydrogens (tertiary/aromatic N) is 1. The first-order valence-corrected chi connectivity index (χ1v) is 7.89. The van der Waals surface area contributed by atoms with E-state index < -0.39 is 23.2 Å².